The van der Waals surface area contributed by atoms with E-state index in [1.165, 1.54) is 25.7 Å². The van der Waals surface area contributed by atoms with E-state index >= 15 is 0 Å². The molecular formula is C23H25N5O3S. The van der Waals surface area contributed by atoms with Crippen LogP contribution in [-0.4, -0.2) is 48.6 Å². The zero-order valence-corrected chi connectivity index (χ0v) is 19.1. The number of nitrogens with zero attached hydrogens (tertiary/aromatic N) is 4. The van der Waals surface area contributed by atoms with Crippen LogP contribution in [-0.2, 0) is 10.0 Å². The molecule has 0 radical (unpaired) electrons. The van der Waals surface area contributed by atoms with Crippen LogP contribution in [0.5, 0.6) is 0 Å². The number of aromatic nitrogens is 2. The number of benzene rings is 2. The Bertz CT molecular complexity index is 1350. The molecule has 1 aliphatic rings. The Morgan fingerprint density at radius 1 is 1.03 bits per heavy atom. The topological polar surface area (TPSA) is 119 Å². The van der Waals surface area contributed by atoms with Gasteiger partial charge in [-0.1, -0.05) is 51.1 Å². The van der Waals surface area contributed by atoms with Gasteiger partial charge in [0.05, 0.1) is 27.6 Å². The van der Waals surface area contributed by atoms with Gasteiger partial charge in [0.25, 0.3) is 15.6 Å². The number of sulfonamides is 1. The zero-order chi connectivity index (χ0) is 23.3. The highest BCUT2D eigenvalue weighted by atomic mass is 32.2. The average Bonchev–Trinajstić information content (AvgIpc) is 3.07. The maximum absolute atomic E-state index is 12.2. The second-order valence-corrected chi connectivity index (χ2v) is 8.67. The van der Waals surface area contributed by atoms with Crippen LogP contribution in [0, 0.1) is 11.3 Å². The maximum atomic E-state index is 12.2. The molecule has 9 heteroatoms. The second-order valence-electron chi connectivity index (χ2n) is 7.10. The minimum Gasteiger partial charge on any atom is -0.309 e. The third-order valence-electron chi connectivity index (χ3n) is 5.31. The minimum absolute atomic E-state index is 0.0494. The van der Waals surface area contributed by atoms with Crippen molar-refractivity contribution in [3.05, 3.63) is 70.3 Å². The van der Waals surface area contributed by atoms with Gasteiger partial charge in [0, 0.05) is 5.56 Å². The molecule has 0 spiro atoms. The summed E-state index contributed by atoms with van der Waals surface area (Å²) in [6, 6.07) is 15.0. The van der Waals surface area contributed by atoms with Gasteiger partial charge in [0.15, 0.2) is 0 Å². The van der Waals surface area contributed by atoms with Crippen molar-refractivity contribution >= 4 is 26.6 Å². The largest absolute Gasteiger partial charge is 0.309 e. The summed E-state index contributed by atoms with van der Waals surface area (Å²) in [5, 5.41) is 10.0. The van der Waals surface area contributed by atoms with Gasteiger partial charge in [-0.15, -0.1) is 0 Å². The second kappa shape index (κ2) is 9.85. The normalized spacial score (nSPS) is 14.8. The van der Waals surface area contributed by atoms with Gasteiger partial charge in [-0.3, -0.25) is 4.79 Å². The number of rotatable bonds is 5. The molecule has 0 bridgehead atoms. The molecule has 1 unspecified atom stereocenters. The van der Waals surface area contributed by atoms with Gasteiger partial charge in [-0.25, -0.2) is 4.98 Å². The van der Waals surface area contributed by atoms with E-state index in [2.05, 4.69) is 40.0 Å². The molecular weight excluding hydrogens is 426 g/mol. The fourth-order valence-electron chi connectivity index (χ4n) is 3.50. The Kier molecular flexibility index (Phi) is 7.18. The van der Waals surface area contributed by atoms with E-state index in [1.807, 2.05) is 6.07 Å². The van der Waals surface area contributed by atoms with Crippen molar-refractivity contribution in [2.24, 2.45) is 4.40 Å². The van der Waals surface area contributed by atoms with E-state index < -0.39 is 21.5 Å². The first kappa shape index (κ1) is 23.3. The SMILES string of the molecule is CCN(CC)CC.N#CC(C1=NS(=O)(=O)c2ccccc21)c1nc2ccccc2c(=O)[nH]1. The van der Waals surface area contributed by atoms with Crippen LogP contribution in [0.4, 0.5) is 0 Å². The molecule has 0 amide bonds. The summed E-state index contributed by atoms with van der Waals surface area (Å²) in [5.41, 5.74) is 0.452. The molecule has 0 aliphatic carbocycles. The van der Waals surface area contributed by atoms with E-state index in [0.717, 1.165) is 0 Å². The smallest absolute Gasteiger partial charge is 0.283 e. The van der Waals surface area contributed by atoms with Crippen LogP contribution in [0.25, 0.3) is 10.9 Å². The third-order valence-corrected chi connectivity index (χ3v) is 6.66. The van der Waals surface area contributed by atoms with E-state index in [0.29, 0.717) is 16.5 Å². The van der Waals surface area contributed by atoms with Gasteiger partial charge < -0.3 is 9.88 Å². The number of nitriles is 1. The molecule has 2 heterocycles. The molecule has 2 aromatic carbocycles. The Hall–Kier alpha value is -3.35. The lowest BCUT2D eigenvalue weighted by atomic mass is 9.97. The van der Waals surface area contributed by atoms with Crippen LogP contribution in [0.1, 0.15) is 38.1 Å². The van der Waals surface area contributed by atoms with Crippen molar-refractivity contribution < 1.29 is 8.42 Å². The zero-order valence-electron chi connectivity index (χ0n) is 18.2. The molecule has 0 saturated carbocycles. The van der Waals surface area contributed by atoms with Crippen molar-refractivity contribution in [3.63, 3.8) is 0 Å². The lowest BCUT2D eigenvalue weighted by molar-refractivity contribution is 0.321. The molecule has 1 N–H and O–H groups in total. The van der Waals surface area contributed by atoms with Gasteiger partial charge in [0.2, 0.25) is 0 Å². The summed E-state index contributed by atoms with van der Waals surface area (Å²) in [5.74, 6) is -1.03. The first-order chi connectivity index (χ1) is 15.4. The molecule has 4 rings (SSSR count). The van der Waals surface area contributed by atoms with Crippen LogP contribution >= 0.6 is 0 Å². The summed E-state index contributed by atoms with van der Waals surface area (Å²) < 4.78 is 28.2. The third kappa shape index (κ3) is 4.61. The van der Waals surface area contributed by atoms with Crippen LogP contribution in [0.3, 0.4) is 0 Å². The summed E-state index contributed by atoms with van der Waals surface area (Å²) in [6.07, 6.45) is 0. The number of hydrogen-bond acceptors (Lipinski definition) is 6. The fourth-order valence-corrected chi connectivity index (χ4v) is 4.77. The Labute approximate surface area is 187 Å². The highest BCUT2D eigenvalue weighted by Crippen LogP contribution is 2.31. The number of H-pyrrole nitrogens is 1. The Morgan fingerprint density at radius 3 is 2.28 bits per heavy atom. The van der Waals surface area contributed by atoms with Crippen molar-refractivity contribution in [3.8, 4) is 6.07 Å². The van der Waals surface area contributed by atoms with Gasteiger partial charge >= 0.3 is 0 Å². The van der Waals surface area contributed by atoms with Gasteiger partial charge in [-0.2, -0.15) is 18.1 Å². The molecule has 0 fully saturated rings. The predicted molar refractivity (Wildman–Crippen MR) is 124 cm³/mol. The molecule has 1 atom stereocenters. The lowest BCUT2D eigenvalue weighted by Gasteiger charge is -2.13. The highest BCUT2D eigenvalue weighted by Gasteiger charge is 2.34. The lowest BCUT2D eigenvalue weighted by Crippen LogP contribution is -2.21. The molecule has 0 saturated heterocycles. The van der Waals surface area contributed by atoms with Crippen molar-refractivity contribution in [1.82, 2.24) is 14.9 Å². The van der Waals surface area contributed by atoms with Crippen molar-refractivity contribution in [1.29, 1.82) is 5.26 Å². The molecule has 3 aromatic rings. The molecule has 32 heavy (non-hydrogen) atoms. The van der Waals surface area contributed by atoms with E-state index in [-0.39, 0.29) is 16.4 Å². The number of nitrogens with one attached hydrogen (secondary N) is 1. The summed E-state index contributed by atoms with van der Waals surface area (Å²) in [6.45, 7) is 10.1. The predicted octanol–water partition coefficient (Wildman–Crippen LogP) is 3.07. The highest BCUT2D eigenvalue weighted by molar-refractivity contribution is 7.90. The van der Waals surface area contributed by atoms with Crippen LogP contribution in [0.15, 0.2) is 62.6 Å². The quantitative estimate of drug-likeness (QED) is 0.637. The van der Waals surface area contributed by atoms with Crippen molar-refractivity contribution in [2.45, 2.75) is 31.6 Å². The number of aromatic amines is 1. The number of fused-ring (bicyclic) bond motifs is 2. The number of hydrogen-bond donors (Lipinski definition) is 1. The molecule has 166 valence electrons. The summed E-state index contributed by atoms with van der Waals surface area (Å²) in [7, 11) is -3.85. The first-order valence-corrected chi connectivity index (χ1v) is 11.8. The van der Waals surface area contributed by atoms with E-state index in [4.69, 9.17) is 0 Å². The summed E-state index contributed by atoms with van der Waals surface area (Å²) in [4.78, 5) is 21.6. The van der Waals surface area contributed by atoms with Crippen LogP contribution < -0.4 is 5.56 Å². The molecule has 1 aliphatic heterocycles. The van der Waals surface area contributed by atoms with Gasteiger partial charge in [-0.05, 0) is 37.8 Å². The minimum atomic E-state index is -3.85. The Morgan fingerprint density at radius 2 is 1.66 bits per heavy atom. The van der Waals surface area contributed by atoms with E-state index in [1.54, 1.807) is 42.5 Å². The number of para-hydroxylation sites is 1. The van der Waals surface area contributed by atoms with Crippen LogP contribution in [0.2, 0.25) is 0 Å². The van der Waals surface area contributed by atoms with E-state index in [9.17, 15) is 18.5 Å². The standard InChI is InChI=1S/C17H10N4O3S.C6H15N/c18-9-12(15-11-6-2-4-8-14(11)25(23,24)21-15)16-19-13-7-3-1-5-10(13)17(22)20-16;1-4-7(5-2)6-3/h1-8,12H,(H,19,20,22);4-6H2,1-3H3. The Balaban J connectivity index is 0.000000360. The van der Waals surface area contributed by atoms with Crippen molar-refractivity contribution in [2.75, 3.05) is 19.6 Å². The molecule has 1 aromatic heterocycles. The maximum Gasteiger partial charge on any atom is 0.283 e. The average molecular weight is 452 g/mol. The summed E-state index contributed by atoms with van der Waals surface area (Å²) >= 11 is 0. The fraction of sp³-hybridized carbons (Fsp3) is 0.304. The van der Waals surface area contributed by atoms with Gasteiger partial charge in [0.1, 0.15) is 11.7 Å². The molecule has 8 nitrogen and oxygen atoms in total. The first-order valence-electron chi connectivity index (χ1n) is 10.4. The monoisotopic (exact) mass is 451 g/mol.